The van der Waals surface area contributed by atoms with E-state index in [-0.39, 0.29) is 5.82 Å². The van der Waals surface area contributed by atoms with Gasteiger partial charge in [0.25, 0.3) is 0 Å². The molecule has 0 unspecified atom stereocenters. The fraction of sp³-hybridized carbons (Fsp3) is 0.0909. The second-order valence-electron chi connectivity index (χ2n) is 6.84. The van der Waals surface area contributed by atoms with Crippen LogP contribution in [0.2, 0.25) is 0 Å². The second-order valence-corrected chi connectivity index (χ2v) is 6.84. The van der Waals surface area contributed by atoms with Gasteiger partial charge in [-0.25, -0.2) is 14.4 Å². The van der Waals surface area contributed by atoms with E-state index in [0.29, 0.717) is 6.54 Å². The molecule has 0 fully saturated rings. The number of rotatable bonds is 4. The summed E-state index contributed by atoms with van der Waals surface area (Å²) < 4.78 is 15.6. The van der Waals surface area contributed by atoms with Crippen LogP contribution in [0.3, 0.4) is 0 Å². The summed E-state index contributed by atoms with van der Waals surface area (Å²) in [4.78, 5) is 15.7. The molecule has 0 aliphatic carbocycles. The van der Waals surface area contributed by atoms with E-state index in [1.807, 2.05) is 49.6 Å². The van der Waals surface area contributed by atoms with Crippen LogP contribution in [0.15, 0.2) is 67.3 Å². The highest BCUT2D eigenvalue weighted by Crippen LogP contribution is 2.32. The first-order chi connectivity index (χ1) is 13.7. The van der Waals surface area contributed by atoms with Crippen LogP contribution in [0.1, 0.15) is 11.4 Å². The van der Waals surface area contributed by atoms with Crippen LogP contribution in [0.5, 0.6) is 0 Å². The minimum absolute atomic E-state index is 0.236. The van der Waals surface area contributed by atoms with E-state index < -0.39 is 0 Å². The van der Waals surface area contributed by atoms with Crippen molar-refractivity contribution >= 4 is 10.9 Å². The largest absolute Gasteiger partial charge is 0.357 e. The third-order valence-electron chi connectivity index (χ3n) is 4.92. The van der Waals surface area contributed by atoms with Crippen molar-refractivity contribution in [3.8, 4) is 22.6 Å². The molecule has 0 aliphatic heterocycles. The van der Waals surface area contributed by atoms with Crippen LogP contribution in [0, 0.1) is 12.7 Å². The number of halogens is 1. The van der Waals surface area contributed by atoms with Gasteiger partial charge in [0.2, 0.25) is 0 Å². The van der Waals surface area contributed by atoms with Gasteiger partial charge in [-0.15, -0.1) is 0 Å². The molecule has 3 aromatic heterocycles. The monoisotopic (exact) mass is 371 g/mol. The Morgan fingerprint density at radius 3 is 2.64 bits per heavy atom. The number of fused-ring (bicyclic) bond motifs is 1. The zero-order valence-electron chi connectivity index (χ0n) is 15.3. The van der Waals surface area contributed by atoms with Crippen molar-refractivity contribution < 1.29 is 4.39 Å². The van der Waals surface area contributed by atoms with E-state index in [9.17, 15) is 4.39 Å². The average molecular weight is 371 g/mol. The maximum absolute atomic E-state index is 13.5. The van der Waals surface area contributed by atoms with Gasteiger partial charge in [-0.05, 0) is 31.2 Å². The van der Waals surface area contributed by atoms with E-state index in [0.717, 1.165) is 44.9 Å². The molecule has 2 aromatic carbocycles. The lowest BCUT2D eigenvalue weighted by atomic mass is 10.1. The van der Waals surface area contributed by atoms with Crippen molar-refractivity contribution in [3.05, 3.63) is 84.5 Å². The van der Waals surface area contributed by atoms with E-state index in [2.05, 4.69) is 24.5 Å². The van der Waals surface area contributed by atoms with Crippen LogP contribution in [-0.2, 0) is 6.54 Å². The minimum atomic E-state index is -0.236. The standard InChI is InChI=1S/C22H18FN5/c1-14-20(25-12-24-14)22-21(15-5-3-2-4-6-15)26-13-28(22)11-18-10-16-9-17(23)7-8-19(16)27-18/h2-10,12-13,27H,11H2,1H3,(H,24,25). The zero-order valence-corrected chi connectivity index (χ0v) is 15.3. The van der Waals surface area contributed by atoms with E-state index in [1.54, 1.807) is 12.4 Å². The number of nitrogens with zero attached hydrogens (tertiary/aromatic N) is 3. The second kappa shape index (κ2) is 6.49. The third kappa shape index (κ3) is 2.79. The Hall–Kier alpha value is -3.67. The number of aromatic amines is 2. The summed E-state index contributed by atoms with van der Waals surface area (Å²) in [6.07, 6.45) is 3.53. The van der Waals surface area contributed by atoms with Crippen LogP contribution in [-0.4, -0.2) is 24.5 Å². The molecule has 0 saturated heterocycles. The lowest BCUT2D eigenvalue weighted by Crippen LogP contribution is -2.02. The summed E-state index contributed by atoms with van der Waals surface area (Å²) in [6.45, 7) is 2.58. The Morgan fingerprint density at radius 2 is 1.86 bits per heavy atom. The summed E-state index contributed by atoms with van der Waals surface area (Å²) >= 11 is 0. The molecule has 6 heteroatoms. The molecule has 0 atom stereocenters. The molecule has 0 aliphatic rings. The van der Waals surface area contributed by atoms with Gasteiger partial charge in [-0.1, -0.05) is 30.3 Å². The first kappa shape index (κ1) is 16.5. The quantitative estimate of drug-likeness (QED) is 0.471. The Morgan fingerprint density at radius 1 is 1.00 bits per heavy atom. The van der Waals surface area contributed by atoms with Crippen LogP contribution < -0.4 is 0 Å². The smallest absolute Gasteiger partial charge is 0.123 e. The number of nitrogens with one attached hydrogen (secondary N) is 2. The molecule has 3 heterocycles. The maximum Gasteiger partial charge on any atom is 0.123 e. The Bertz CT molecular complexity index is 1260. The van der Waals surface area contributed by atoms with Crippen LogP contribution >= 0.6 is 0 Å². The topological polar surface area (TPSA) is 62.3 Å². The number of benzene rings is 2. The van der Waals surface area contributed by atoms with Crippen molar-refractivity contribution in [1.82, 2.24) is 24.5 Å². The molecule has 5 aromatic rings. The van der Waals surface area contributed by atoms with E-state index in [4.69, 9.17) is 0 Å². The van der Waals surface area contributed by atoms with Gasteiger partial charge in [0, 0.05) is 27.9 Å². The number of hydrogen-bond donors (Lipinski definition) is 2. The molecule has 2 N–H and O–H groups in total. The summed E-state index contributed by atoms with van der Waals surface area (Å²) in [7, 11) is 0. The molecule has 5 rings (SSSR count). The van der Waals surface area contributed by atoms with E-state index in [1.165, 1.54) is 12.1 Å². The van der Waals surface area contributed by atoms with Crippen molar-refractivity contribution in [2.75, 3.05) is 0 Å². The van der Waals surface area contributed by atoms with Gasteiger partial charge < -0.3 is 14.5 Å². The molecule has 0 spiro atoms. The molecular weight excluding hydrogens is 353 g/mol. The summed E-state index contributed by atoms with van der Waals surface area (Å²) in [5.41, 5.74) is 6.63. The number of aryl methyl sites for hydroxylation is 1. The lowest BCUT2D eigenvalue weighted by molar-refractivity contribution is 0.630. The highest BCUT2D eigenvalue weighted by Gasteiger charge is 2.19. The number of aromatic nitrogens is 5. The van der Waals surface area contributed by atoms with Gasteiger partial charge in [-0.3, -0.25) is 0 Å². The van der Waals surface area contributed by atoms with Gasteiger partial charge in [0.05, 0.1) is 30.6 Å². The van der Waals surface area contributed by atoms with Gasteiger partial charge >= 0.3 is 0 Å². The summed E-state index contributed by atoms with van der Waals surface area (Å²) in [6, 6.07) is 16.8. The molecular formula is C22H18FN5. The van der Waals surface area contributed by atoms with Crippen molar-refractivity contribution in [1.29, 1.82) is 0 Å². The Kier molecular flexibility index (Phi) is 3.83. The third-order valence-corrected chi connectivity index (χ3v) is 4.92. The molecule has 0 saturated carbocycles. The number of imidazole rings is 2. The lowest BCUT2D eigenvalue weighted by Gasteiger charge is -2.09. The molecule has 0 radical (unpaired) electrons. The molecule has 0 amide bonds. The normalized spacial score (nSPS) is 11.4. The van der Waals surface area contributed by atoms with Crippen LogP contribution in [0.25, 0.3) is 33.5 Å². The van der Waals surface area contributed by atoms with E-state index >= 15 is 0 Å². The summed E-state index contributed by atoms with van der Waals surface area (Å²) in [5, 5.41) is 0.857. The number of hydrogen-bond acceptors (Lipinski definition) is 2. The molecule has 28 heavy (non-hydrogen) atoms. The molecule has 138 valence electrons. The van der Waals surface area contributed by atoms with Gasteiger partial charge in [0.1, 0.15) is 11.5 Å². The summed E-state index contributed by atoms with van der Waals surface area (Å²) in [5.74, 6) is -0.236. The predicted molar refractivity (Wildman–Crippen MR) is 107 cm³/mol. The van der Waals surface area contributed by atoms with Crippen molar-refractivity contribution in [2.45, 2.75) is 13.5 Å². The minimum Gasteiger partial charge on any atom is -0.357 e. The number of H-pyrrole nitrogens is 2. The Labute approximate surface area is 160 Å². The fourth-order valence-corrected chi connectivity index (χ4v) is 3.59. The predicted octanol–water partition coefficient (Wildman–Crippen LogP) is 4.92. The first-order valence-corrected chi connectivity index (χ1v) is 9.07. The Balaban J connectivity index is 1.63. The zero-order chi connectivity index (χ0) is 19.1. The molecule has 5 nitrogen and oxygen atoms in total. The SMILES string of the molecule is Cc1[nH]cnc1-c1c(-c2ccccc2)ncn1Cc1cc2cc(F)ccc2[nH]1. The van der Waals surface area contributed by atoms with Crippen molar-refractivity contribution in [2.24, 2.45) is 0 Å². The fourth-order valence-electron chi connectivity index (χ4n) is 3.59. The van der Waals surface area contributed by atoms with Crippen LogP contribution in [0.4, 0.5) is 4.39 Å². The maximum atomic E-state index is 13.5. The highest BCUT2D eigenvalue weighted by atomic mass is 19.1. The first-order valence-electron chi connectivity index (χ1n) is 9.07. The average Bonchev–Trinajstić information content (AvgIpc) is 3.40. The van der Waals surface area contributed by atoms with Gasteiger partial charge in [0.15, 0.2) is 0 Å². The van der Waals surface area contributed by atoms with Crippen molar-refractivity contribution in [3.63, 3.8) is 0 Å². The highest BCUT2D eigenvalue weighted by molar-refractivity contribution is 5.81. The molecule has 0 bridgehead atoms. The van der Waals surface area contributed by atoms with Gasteiger partial charge in [-0.2, -0.15) is 0 Å².